The molecule has 0 aliphatic carbocycles. The van der Waals surface area contributed by atoms with E-state index in [0.717, 1.165) is 29.0 Å². The van der Waals surface area contributed by atoms with Crippen molar-refractivity contribution in [3.63, 3.8) is 0 Å². The summed E-state index contributed by atoms with van der Waals surface area (Å²) in [5.41, 5.74) is 4.13. The first-order valence-corrected chi connectivity index (χ1v) is 11.8. The minimum atomic E-state index is -0.558. The molecular weight excluding hydrogens is 414 g/mol. The molecular formula is C27H37N3O3. The number of hydrogen-bond donors (Lipinski definition) is 1. The maximum absolute atomic E-state index is 10.6. The minimum Gasteiger partial charge on any atom is -0.439 e. The van der Waals surface area contributed by atoms with E-state index in [1.807, 2.05) is 61.1 Å². The number of rotatable bonds is 12. The van der Waals surface area contributed by atoms with Crippen molar-refractivity contribution in [3.05, 3.63) is 65.7 Å². The van der Waals surface area contributed by atoms with Crippen molar-refractivity contribution in [1.82, 2.24) is 14.7 Å². The normalized spacial score (nSPS) is 13.3. The summed E-state index contributed by atoms with van der Waals surface area (Å²) in [4.78, 5) is 2.29. The third kappa shape index (κ3) is 6.67. The maximum Gasteiger partial charge on any atom is 0.222 e. The molecule has 3 aromatic rings. The van der Waals surface area contributed by atoms with E-state index in [2.05, 4.69) is 37.8 Å². The smallest absolute Gasteiger partial charge is 0.222 e. The van der Waals surface area contributed by atoms with E-state index in [9.17, 15) is 5.11 Å². The van der Waals surface area contributed by atoms with Crippen molar-refractivity contribution < 1.29 is 14.6 Å². The molecule has 0 saturated carbocycles. The van der Waals surface area contributed by atoms with Crippen LogP contribution in [0.4, 0.5) is 0 Å². The molecule has 0 bridgehead atoms. The van der Waals surface area contributed by atoms with Gasteiger partial charge in [0.05, 0.1) is 18.3 Å². The minimum absolute atomic E-state index is 0.275. The summed E-state index contributed by atoms with van der Waals surface area (Å²) in [7, 11) is 1.91. The number of aliphatic hydroxyl groups is 1. The molecule has 33 heavy (non-hydrogen) atoms. The molecule has 0 spiro atoms. The second kappa shape index (κ2) is 12.0. The van der Waals surface area contributed by atoms with Crippen molar-refractivity contribution >= 4 is 0 Å². The SMILES string of the molecule is CCOC[C@@H](O)CN(Cc1c(-c2ccccc2)nn(C)c1Oc1ccc(C)cc1)[C@@H](C)CC. The van der Waals surface area contributed by atoms with Gasteiger partial charge in [-0.3, -0.25) is 4.90 Å². The first-order valence-electron chi connectivity index (χ1n) is 11.8. The molecule has 3 rings (SSSR count). The molecule has 6 nitrogen and oxygen atoms in total. The number of nitrogens with zero attached hydrogens (tertiary/aromatic N) is 3. The summed E-state index contributed by atoms with van der Waals surface area (Å²) in [5, 5.41) is 15.4. The number of benzene rings is 2. The van der Waals surface area contributed by atoms with E-state index in [4.69, 9.17) is 14.6 Å². The van der Waals surface area contributed by atoms with Gasteiger partial charge < -0.3 is 14.6 Å². The van der Waals surface area contributed by atoms with Gasteiger partial charge in [-0.1, -0.05) is 55.0 Å². The van der Waals surface area contributed by atoms with E-state index in [-0.39, 0.29) is 6.04 Å². The topological polar surface area (TPSA) is 59.8 Å². The summed E-state index contributed by atoms with van der Waals surface area (Å²) in [6.07, 6.45) is 0.411. The van der Waals surface area contributed by atoms with Gasteiger partial charge in [-0.15, -0.1) is 0 Å². The molecule has 0 fully saturated rings. The molecule has 0 amide bonds. The number of aryl methyl sites for hydroxylation is 2. The fourth-order valence-electron chi connectivity index (χ4n) is 3.81. The molecule has 0 radical (unpaired) electrons. The highest BCUT2D eigenvalue weighted by Crippen LogP contribution is 2.34. The van der Waals surface area contributed by atoms with Crippen LogP contribution in [-0.4, -0.2) is 51.7 Å². The number of ether oxygens (including phenoxy) is 2. The van der Waals surface area contributed by atoms with Gasteiger partial charge in [0.1, 0.15) is 11.4 Å². The van der Waals surface area contributed by atoms with Gasteiger partial charge in [-0.25, -0.2) is 4.68 Å². The fourth-order valence-corrected chi connectivity index (χ4v) is 3.81. The summed E-state index contributed by atoms with van der Waals surface area (Å²) < 4.78 is 13.6. The first-order chi connectivity index (χ1) is 15.9. The van der Waals surface area contributed by atoms with Crippen molar-refractivity contribution in [2.45, 2.75) is 52.8 Å². The third-order valence-electron chi connectivity index (χ3n) is 5.91. The Morgan fingerprint density at radius 2 is 1.76 bits per heavy atom. The van der Waals surface area contributed by atoms with Gasteiger partial charge in [0.25, 0.3) is 0 Å². The molecule has 2 aromatic carbocycles. The van der Waals surface area contributed by atoms with Crippen LogP contribution < -0.4 is 4.74 Å². The van der Waals surface area contributed by atoms with Crippen molar-refractivity contribution in [1.29, 1.82) is 0 Å². The molecule has 1 heterocycles. The highest BCUT2D eigenvalue weighted by Gasteiger charge is 2.25. The van der Waals surface area contributed by atoms with Gasteiger partial charge in [0.15, 0.2) is 0 Å². The molecule has 1 N–H and O–H groups in total. The predicted molar refractivity (Wildman–Crippen MR) is 133 cm³/mol. The molecule has 6 heteroatoms. The van der Waals surface area contributed by atoms with Crippen LogP contribution in [0.25, 0.3) is 11.3 Å². The van der Waals surface area contributed by atoms with Gasteiger partial charge in [0, 0.05) is 38.3 Å². The van der Waals surface area contributed by atoms with Crippen LogP contribution in [0.2, 0.25) is 0 Å². The number of aliphatic hydroxyl groups excluding tert-OH is 1. The van der Waals surface area contributed by atoms with Crippen molar-refractivity contribution in [2.75, 3.05) is 19.8 Å². The Labute approximate surface area is 197 Å². The average molecular weight is 452 g/mol. The van der Waals surface area contributed by atoms with Crippen LogP contribution in [0.15, 0.2) is 54.6 Å². The molecule has 1 aromatic heterocycles. The molecule has 0 aliphatic rings. The summed E-state index contributed by atoms with van der Waals surface area (Å²) in [5.74, 6) is 1.49. The average Bonchev–Trinajstić information content (AvgIpc) is 3.13. The molecule has 0 unspecified atom stereocenters. The zero-order valence-electron chi connectivity index (χ0n) is 20.5. The van der Waals surface area contributed by atoms with E-state index in [1.54, 1.807) is 0 Å². The van der Waals surface area contributed by atoms with Gasteiger partial charge in [-0.05, 0) is 39.3 Å². The summed E-state index contributed by atoms with van der Waals surface area (Å²) >= 11 is 0. The Kier molecular flexibility index (Phi) is 9.06. The van der Waals surface area contributed by atoms with E-state index in [1.165, 1.54) is 5.56 Å². The van der Waals surface area contributed by atoms with Crippen molar-refractivity contribution in [2.24, 2.45) is 7.05 Å². The lowest BCUT2D eigenvalue weighted by Crippen LogP contribution is -2.40. The molecule has 0 aliphatic heterocycles. The Balaban J connectivity index is 1.99. The standard InChI is InChI=1S/C27H37N3O3/c1-6-21(4)30(17-23(31)19-32-7-2)18-25-26(22-11-9-8-10-12-22)28-29(5)27(25)33-24-15-13-20(3)14-16-24/h8-16,21,23,31H,6-7,17-19H2,1-5H3/t21-,23-/m0/s1. The van der Waals surface area contributed by atoms with Crippen LogP contribution >= 0.6 is 0 Å². The lowest BCUT2D eigenvalue weighted by Gasteiger charge is -2.30. The summed E-state index contributed by atoms with van der Waals surface area (Å²) in [6, 6.07) is 18.5. The Hall–Kier alpha value is -2.67. The second-order valence-electron chi connectivity index (χ2n) is 8.54. The number of aromatic nitrogens is 2. The van der Waals surface area contributed by atoms with Gasteiger partial charge >= 0.3 is 0 Å². The maximum atomic E-state index is 10.6. The van der Waals surface area contributed by atoms with Gasteiger partial charge in [0.2, 0.25) is 5.88 Å². The number of hydrogen-bond acceptors (Lipinski definition) is 5. The van der Waals surface area contributed by atoms with Crippen LogP contribution in [0, 0.1) is 6.92 Å². The third-order valence-corrected chi connectivity index (χ3v) is 5.91. The summed E-state index contributed by atoms with van der Waals surface area (Å²) in [6.45, 7) is 10.4. The molecule has 0 saturated heterocycles. The predicted octanol–water partition coefficient (Wildman–Crippen LogP) is 5.19. The quantitative estimate of drug-likeness (QED) is 0.411. The lowest BCUT2D eigenvalue weighted by molar-refractivity contribution is 0.0112. The largest absolute Gasteiger partial charge is 0.439 e. The molecule has 2 atom stereocenters. The Bertz CT molecular complexity index is 986. The zero-order chi connectivity index (χ0) is 23.8. The van der Waals surface area contributed by atoms with E-state index in [0.29, 0.717) is 32.2 Å². The van der Waals surface area contributed by atoms with Crippen LogP contribution in [0.3, 0.4) is 0 Å². The Morgan fingerprint density at radius 1 is 1.06 bits per heavy atom. The lowest BCUT2D eigenvalue weighted by atomic mass is 10.1. The fraction of sp³-hybridized carbons (Fsp3) is 0.444. The van der Waals surface area contributed by atoms with Crippen LogP contribution in [0.5, 0.6) is 11.6 Å². The van der Waals surface area contributed by atoms with Crippen LogP contribution in [-0.2, 0) is 18.3 Å². The van der Waals surface area contributed by atoms with E-state index >= 15 is 0 Å². The highest BCUT2D eigenvalue weighted by atomic mass is 16.5. The van der Waals surface area contributed by atoms with Gasteiger partial charge in [-0.2, -0.15) is 5.10 Å². The van der Waals surface area contributed by atoms with E-state index < -0.39 is 6.10 Å². The molecule has 178 valence electrons. The second-order valence-corrected chi connectivity index (χ2v) is 8.54. The monoisotopic (exact) mass is 451 g/mol. The van der Waals surface area contributed by atoms with Crippen LogP contribution in [0.1, 0.15) is 38.3 Å². The highest BCUT2D eigenvalue weighted by molar-refractivity contribution is 5.65. The Morgan fingerprint density at radius 3 is 2.39 bits per heavy atom. The zero-order valence-corrected chi connectivity index (χ0v) is 20.5. The first kappa shape index (κ1) is 25.0. The van der Waals surface area contributed by atoms with Crippen molar-refractivity contribution in [3.8, 4) is 22.9 Å².